The third kappa shape index (κ3) is 4.24. The van der Waals surface area contributed by atoms with E-state index in [2.05, 4.69) is 34.4 Å². The standard InChI is InChI=1S/C26H29FN4O3/c1-14-5-4-6-15(2)24(14)34-26(32)31-22-11-17-9-19(21(27)10-18(17)12-29-22)20-13-30-25-23(16(20)3)28-7-8-33-25/h9-15,24,28H,4-8H2,1-3H3,(H,29,31,32). The van der Waals surface area contributed by atoms with Crippen LogP contribution in [0.1, 0.15) is 38.7 Å². The Kier molecular flexibility index (Phi) is 5.98. The van der Waals surface area contributed by atoms with Gasteiger partial charge < -0.3 is 14.8 Å². The van der Waals surface area contributed by atoms with Crippen LogP contribution in [0.2, 0.25) is 0 Å². The van der Waals surface area contributed by atoms with Crippen molar-refractivity contribution in [3.63, 3.8) is 0 Å². The molecule has 1 aromatic carbocycles. The monoisotopic (exact) mass is 464 g/mol. The van der Waals surface area contributed by atoms with Crippen LogP contribution in [0.15, 0.2) is 30.6 Å². The second-order valence-electron chi connectivity index (χ2n) is 9.38. The number of carbonyl (C=O) groups excluding carboxylic acids is 1. The van der Waals surface area contributed by atoms with Crippen molar-refractivity contribution in [1.82, 2.24) is 9.97 Å². The van der Waals surface area contributed by atoms with Gasteiger partial charge in [-0.25, -0.2) is 19.2 Å². The predicted octanol–water partition coefficient (Wildman–Crippen LogP) is 5.92. The van der Waals surface area contributed by atoms with E-state index in [-0.39, 0.29) is 11.9 Å². The first-order chi connectivity index (χ1) is 16.4. The molecule has 0 saturated heterocycles. The van der Waals surface area contributed by atoms with E-state index in [4.69, 9.17) is 9.47 Å². The van der Waals surface area contributed by atoms with Gasteiger partial charge in [-0.1, -0.05) is 20.3 Å². The van der Waals surface area contributed by atoms with E-state index in [1.807, 2.05) is 6.92 Å². The summed E-state index contributed by atoms with van der Waals surface area (Å²) >= 11 is 0. The summed E-state index contributed by atoms with van der Waals surface area (Å²) in [5.74, 6) is 1.19. The lowest BCUT2D eigenvalue weighted by atomic mass is 9.81. The minimum absolute atomic E-state index is 0.105. The predicted molar refractivity (Wildman–Crippen MR) is 130 cm³/mol. The fraction of sp³-hybridized carbons (Fsp3) is 0.423. The number of pyridine rings is 2. The van der Waals surface area contributed by atoms with Gasteiger partial charge in [0.1, 0.15) is 30.0 Å². The lowest BCUT2D eigenvalue weighted by Gasteiger charge is -2.33. The molecule has 1 amide bonds. The molecule has 8 heteroatoms. The first-order valence-corrected chi connectivity index (χ1v) is 11.8. The molecule has 2 unspecified atom stereocenters. The Morgan fingerprint density at radius 1 is 1.12 bits per heavy atom. The smallest absolute Gasteiger partial charge is 0.413 e. The van der Waals surface area contributed by atoms with Crippen LogP contribution in [0.3, 0.4) is 0 Å². The van der Waals surface area contributed by atoms with Gasteiger partial charge in [0.2, 0.25) is 5.88 Å². The van der Waals surface area contributed by atoms with Gasteiger partial charge in [-0.2, -0.15) is 0 Å². The SMILES string of the molecule is Cc1c(-c2cc3cc(NC(=O)OC4C(C)CCCC4C)ncc3cc2F)cnc2c1NCCO2. The van der Waals surface area contributed by atoms with Gasteiger partial charge in [-0.15, -0.1) is 0 Å². The molecular formula is C26H29FN4O3. The van der Waals surface area contributed by atoms with Crippen LogP contribution in [0, 0.1) is 24.6 Å². The van der Waals surface area contributed by atoms with E-state index in [0.717, 1.165) is 35.9 Å². The third-order valence-corrected chi connectivity index (χ3v) is 6.96. The molecule has 2 aromatic heterocycles. The Morgan fingerprint density at radius 2 is 1.91 bits per heavy atom. The van der Waals surface area contributed by atoms with E-state index in [1.165, 1.54) is 6.07 Å². The fourth-order valence-electron chi connectivity index (χ4n) is 5.07. The highest BCUT2D eigenvalue weighted by Gasteiger charge is 2.31. The highest BCUT2D eigenvalue weighted by molar-refractivity contribution is 5.92. The summed E-state index contributed by atoms with van der Waals surface area (Å²) in [5, 5.41) is 7.42. The molecule has 7 nitrogen and oxygen atoms in total. The second kappa shape index (κ2) is 9.08. The maximum Gasteiger partial charge on any atom is 0.413 e. The summed E-state index contributed by atoms with van der Waals surface area (Å²) in [6.07, 6.45) is 5.85. The first-order valence-electron chi connectivity index (χ1n) is 11.8. The van der Waals surface area contributed by atoms with Crippen molar-refractivity contribution in [3.05, 3.63) is 42.0 Å². The number of anilines is 2. The van der Waals surface area contributed by atoms with Gasteiger partial charge >= 0.3 is 6.09 Å². The number of rotatable bonds is 3. The summed E-state index contributed by atoms with van der Waals surface area (Å²) in [4.78, 5) is 21.2. The highest BCUT2D eigenvalue weighted by atomic mass is 19.1. The van der Waals surface area contributed by atoms with Gasteiger partial charge in [-0.3, -0.25) is 5.32 Å². The maximum atomic E-state index is 15.1. The van der Waals surface area contributed by atoms with Crippen LogP contribution < -0.4 is 15.4 Å². The number of carbonyl (C=O) groups is 1. The van der Waals surface area contributed by atoms with Gasteiger partial charge in [0.25, 0.3) is 0 Å². The molecule has 3 aromatic rings. The molecule has 34 heavy (non-hydrogen) atoms. The number of halogens is 1. The Labute approximate surface area is 198 Å². The molecule has 2 aliphatic rings. The molecule has 1 saturated carbocycles. The average Bonchev–Trinajstić information content (AvgIpc) is 2.82. The maximum absolute atomic E-state index is 15.1. The Hall–Kier alpha value is -3.42. The summed E-state index contributed by atoms with van der Waals surface area (Å²) in [7, 11) is 0. The zero-order valence-corrected chi connectivity index (χ0v) is 19.7. The normalized spacial score (nSPS) is 21.8. The van der Waals surface area contributed by atoms with Crippen LogP contribution in [0.25, 0.3) is 21.9 Å². The number of aromatic nitrogens is 2. The quantitative estimate of drug-likeness (QED) is 0.500. The van der Waals surface area contributed by atoms with Gasteiger partial charge in [-0.05, 0) is 60.7 Å². The molecule has 1 aliphatic carbocycles. The number of hydrogen-bond donors (Lipinski definition) is 2. The van der Waals surface area contributed by atoms with Crippen LogP contribution in [0.5, 0.6) is 5.88 Å². The first kappa shape index (κ1) is 22.4. The van der Waals surface area contributed by atoms with Crippen molar-refractivity contribution in [2.75, 3.05) is 23.8 Å². The lowest BCUT2D eigenvalue weighted by molar-refractivity contribution is 0.0169. The summed E-state index contributed by atoms with van der Waals surface area (Å²) < 4.78 is 26.4. The van der Waals surface area contributed by atoms with Gasteiger partial charge in [0.15, 0.2) is 0 Å². The van der Waals surface area contributed by atoms with Crippen LogP contribution in [0.4, 0.5) is 20.7 Å². The third-order valence-electron chi connectivity index (χ3n) is 6.96. The molecule has 1 aliphatic heterocycles. The highest BCUT2D eigenvalue weighted by Crippen LogP contribution is 2.37. The molecule has 2 atom stereocenters. The van der Waals surface area contributed by atoms with Crippen LogP contribution >= 0.6 is 0 Å². The van der Waals surface area contributed by atoms with Crippen molar-refractivity contribution >= 4 is 28.4 Å². The number of ether oxygens (including phenoxy) is 2. The Bertz CT molecular complexity index is 1240. The van der Waals surface area contributed by atoms with Crippen molar-refractivity contribution in [2.45, 2.75) is 46.1 Å². The summed E-state index contributed by atoms with van der Waals surface area (Å²) in [6.45, 7) is 7.39. The number of nitrogens with one attached hydrogen (secondary N) is 2. The van der Waals surface area contributed by atoms with Gasteiger partial charge in [0, 0.05) is 35.5 Å². The minimum atomic E-state index is -0.513. The van der Waals surface area contributed by atoms with Crippen molar-refractivity contribution < 1.29 is 18.7 Å². The van der Waals surface area contributed by atoms with Crippen molar-refractivity contribution in [2.24, 2.45) is 11.8 Å². The largest absolute Gasteiger partial charge is 0.474 e. The number of amides is 1. The molecule has 5 rings (SSSR count). The average molecular weight is 465 g/mol. The van der Waals surface area contributed by atoms with E-state index < -0.39 is 6.09 Å². The molecule has 3 heterocycles. The van der Waals surface area contributed by atoms with E-state index >= 15 is 4.39 Å². The Morgan fingerprint density at radius 3 is 2.71 bits per heavy atom. The van der Waals surface area contributed by atoms with Crippen molar-refractivity contribution in [1.29, 1.82) is 0 Å². The summed E-state index contributed by atoms with van der Waals surface area (Å²) in [6, 6.07) is 4.94. The minimum Gasteiger partial charge on any atom is -0.474 e. The van der Waals surface area contributed by atoms with Crippen molar-refractivity contribution in [3.8, 4) is 17.0 Å². The fourth-order valence-corrected chi connectivity index (χ4v) is 5.07. The Balaban J connectivity index is 1.41. The molecule has 0 radical (unpaired) electrons. The number of nitrogens with zero attached hydrogens (tertiary/aromatic N) is 2. The molecular weight excluding hydrogens is 435 g/mol. The summed E-state index contributed by atoms with van der Waals surface area (Å²) in [5.41, 5.74) is 2.77. The van der Waals surface area contributed by atoms with Crippen LogP contribution in [-0.2, 0) is 4.74 Å². The zero-order chi connectivity index (χ0) is 23.8. The molecule has 0 spiro atoms. The zero-order valence-electron chi connectivity index (χ0n) is 19.7. The number of benzene rings is 1. The lowest BCUT2D eigenvalue weighted by Crippen LogP contribution is -2.36. The van der Waals surface area contributed by atoms with E-state index in [1.54, 1.807) is 24.5 Å². The number of hydrogen-bond acceptors (Lipinski definition) is 6. The molecule has 1 fully saturated rings. The molecule has 0 bridgehead atoms. The number of fused-ring (bicyclic) bond motifs is 2. The van der Waals surface area contributed by atoms with Gasteiger partial charge in [0.05, 0.1) is 0 Å². The molecule has 178 valence electrons. The van der Waals surface area contributed by atoms with E-state index in [0.29, 0.717) is 53.2 Å². The second-order valence-corrected chi connectivity index (χ2v) is 9.38. The van der Waals surface area contributed by atoms with E-state index in [9.17, 15) is 4.79 Å². The topological polar surface area (TPSA) is 85.4 Å². The molecule has 2 N–H and O–H groups in total. The van der Waals surface area contributed by atoms with Crippen LogP contribution in [-0.4, -0.2) is 35.3 Å².